The molecule has 0 fully saturated rings. The van der Waals surface area contributed by atoms with Crippen LogP contribution in [0.2, 0.25) is 0 Å². The van der Waals surface area contributed by atoms with Gasteiger partial charge in [0.2, 0.25) is 5.91 Å². The molecule has 0 spiro atoms. The molecule has 2 aromatic rings. The number of aromatic nitrogens is 2. The largest absolute Gasteiger partial charge is 0.326 e. The molecule has 5 heteroatoms. The van der Waals surface area contributed by atoms with E-state index in [2.05, 4.69) is 53.3 Å². The Morgan fingerprint density at radius 1 is 1.25 bits per heavy atom. The summed E-state index contributed by atoms with van der Waals surface area (Å²) >= 11 is 0. The van der Waals surface area contributed by atoms with E-state index in [0.717, 1.165) is 24.5 Å². The molecule has 0 aliphatic rings. The number of hydrogen-bond donors (Lipinski definition) is 2. The number of carbonyl (C=O) groups excluding carboxylic acids is 1. The molecular weight excluding hydrogens is 300 g/mol. The third kappa shape index (κ3) is 5.20. The molecule has 5 nitrogen and oxygen atoms in total. The van der Waals surface area contributed by atoms with Crippen molar-refractivity contribution < 1.29 is 4.79 Å². The molecule has 1 aromatic heterocycles. The SMILES string of the molecule is CC(=O)Nc1cccc([C@@H](C)NC[C@@H](C)Cn2nc(C)cc2C)c1. The lowest BCUT2D eigenvalue weighted by Crippen LogP contribution is -2.27. The maximum atomic E-state index is 11.2. The van der Waals surface area contributed by atoms with Gasteiger partial charge in [-0.15, -0.1) is 0 Å². The predicted molar refractivity (Wildman–Crippen MR) is 98.0 cm³/mol. The Bertz CT molecular complexity index is 692. The fourth-order valence-electron chi connectivity index (χ4n) is 2.80. The highest BCUT2D eigenvalue weighted by atomic mass is 16.1. The van der Waals surface area contributed by atoms with Crippen molar-refractivity contribution in [3.63, 3.8) is 0 Å². The van der Waals surface area contributed by atoms with Crippen molar-refractivity contribution in [1.29, 1.82) is 0 Å². The van der Waals surface area contributed by atoms with Crippen LogP contribution < -0.4 is 10.6 Å². The smallest absolute Gasteiger partial charge is 0.221 e. The molecule has 24 heavy (non-hydrogen) atoms. The molecule has 2 rings (SSSR count). The molecule has 0 bridgehead atoms. The van der Waals surface area contributed by atoms with E-state index in [1.165, 1.54) is 18.2 Å². The van der Waals surface area contributed by atoms with Crippen LogP contribution in [0.4, 0.5) is 5.69 Å². The van der Waals surface area contributed by atoms with Gasteiger partial charge in [-0.25, -0.2) is 0 Å². The van der Waals surface area contributed by atoms with Gasteiger partial charge < -0.3 is 10.6 Å². The summed E-state index contributed by atoms with van der Waals surface area (Å²) < 4.78 is 2.07. The van der Waals surface area contributed by atoms with Crippen molar-refractivity contribution in [1.82, 2.24) is 15.1 Å². The zero-order valence-corrected chi connectivity index (χ0v) is 15.3. The van der Waals surface area contributed by atoms with E-state index in [-0.39, 0.29) is 11.9 Å². The van der Waals surface area contributed by atoms with Gasteiger partial charge in [0.1, 0.15) is 0 Å². The van der Waals surface area contributed by atoms with Crippen molar-refractivity contribution in [2.75, 3.05) is 11.9 Å². The predicted octanol–water partition coefficient (Wildman–Crippen LogP) is 3.45. The summed E-state index contributed by atoms with van der Waals surface area (Å²) in [5.41, 5.74) is 4.27. The summed E-state index contributed by atoms with van der Waals surface area (Å²) in [4.78, 5) is 11.2. The number of carbonyl (C=O) groups is 1. The first-order valence-corrected chi connectivity index (χ1v) is 8.47. The Kier molecular flexibility index (Phi) is 6.15. The highest BCUT2D eigenvalue weighted by molar-refractivity contribution is 5.88. The van der Waals surface area contributed by atoms with E-state index in [1.807, 2.05) is 25.1 Å². The Balaban J connectivity index is 1.89. The number of hydrogen-bond acceptors (Lipinski definition) is 3. The molecular formula is C19H28N4O. The van der Waals surface area contributed by atoms with Crippen molar-refractivity contribution in [3.8, 4) is 0 Å². The summed E-state index contributed by atoms with van der Waals surface area (Å²) in [6.07, 6.45) is 0. The second kappa shape index (κ2) is 8.11. The maximum absolute atomic E-state index is 11.2. The maximum Gasteiger partial charge on any atom is 0.221 e. The molecule has 0 aliphatic carbocycles. The molecule has 1 amide bonds. The van der Waals surface area contributed by atoms with Crippen molar-refractivity contribution in [2.45, 2.75) is 47.2 Å². The van der Waals surface area contributed by atoms with E-state index in [0.29, 0.717) is 5.92 Å². The van der Waals surface area contributed by atoms with E-state index >= 15 is 0 Å². The van der Waals surface area contributed by atoms with E-state index in [1.54, 1.807) is 0 Å². The van der Waals surface area contributed by atoms with Gasteiger partial charge in [-0.05, 0) is 50.5 Å². The zero-order chi connectivity index (χ0) is 17.7. The molecule has 0 saturated carbocycles. The quantitative estimate of drug-likeness (QED) is 0.818. The van der Waals surface area contributed by atoms with Crippen molar-refractivity contribution in [3.05, 3.63) is 47.3 Å². The number of amides is 1. The molecule has 1 heterocycles. The van der Waals surface area contributed by atoms with Crippen molar-refractivity contribution in [2.24, 2.45) is 5.92 Å². The van der Waals surface area contributed by atoms with Gasteiger partial charge in [0, 0.05) is 37.4 Å². The summed E-state index contributed by atoms with van der Waals surface area (Å²) in [6.45, 7) is 11.8. The number of rotatable bonds is 7. The van der Waals surface area contributed by atoms with Gasteiger partial charge in [-0.3, -0.25) is 9.48 Å². The van der Waals surface area contributed by atoms with Crippen LogP contribution in [-0.2, 0) is 11.3 Å². The second-order valence-electron chi connectivity index (χ2n) is 6.65. The molecule has 1 aromatic carbocycles. The first-order chi connectivity index (χ1) is 11.3. The summed E-state index contributed by atoms with van der Waals surface area (Å²) in [5.74, 6) is 0.426. The normalized spacial score (nSPS) is 13.5. The first kappa shape index (κ1) is 18.2. The lowest BCUT2D eigenvalue weighted by molar-refractivity contribution is -0.114. The average Bonchev–Trinajstić information content (AvgIpc) is 2.82. The van der Waals surface area contributed by atoms with Gasteiger partial charge in [-0.2, -0.15) is 5.10 Å². The summed E-state index contributed by atoms with van der Waals surface area (Å²) in [6, 6.07) is 10.3. The van der Waals surface area contributed by atoms with Crippen LogP contribution in [0.1, 0.15) is 43.8 Å². The van der Waals surface area contributed by atoms with Crippen LogP contribution in [0.15, 0.2) is 30.3 Å². The summed E-state index contributed by atoms with van der Waals surface area (Å²) in [7, 11) is 0. The Morgan fingerprint density at radius 2 is 2.00 bits per heavy atom. The number of benzene rings is 1. The third-order valence-corrected chi connectivity index (χ3v) is 4.07. The van der Waals surface area contributed by atoms with Crippen LogP contribution in [-0.4, -0.2) is 22.2 Å². The Morgan fingerprint density at radius 3 is 2.62 bits per heavy atom. The number of aryl methyl sites for hydroxylation is 2. The highest BCUT2D eigenvalue weighted by Crippen LogP contribution is 2.18. The topological polar surface area (TPSA) is 59.0 Å². The fraction of sp³-hybridized carbons (Fsp3) is 0.474. The van der Waals surface area contributed by atoms with Gasteiger partial charge >= 0.3 is 0 Å². The van der Waals surface area contributed by atoms with Crippen LogP contribution in [0.3, 0.4) is 0 Å². The Labute approximate surface area is 144 Å². The van der Waals surface area contributed by atoms with E-state index in [4.69, 9.17) is 0 Å². The summed E-state index contributed by atoms with van der Waals surface area (Å²) in [5, 5.41) is 10.9. The van der Waals surface area contributed by atoms with Crippen LogP contribution >= 0.6 is 0 Å². The monoisotopic (exact) mass is 328 g/mol. The molecule has 0 radical (unpaired) electrons. The third-order valence-electron chi connectivity index (χ3n) is 4.07. The van der Waals surface area contributed by atoms with Gasteiger partial charge in [0.15, 0.2) is 0 Å². The van der Waals surface area contributed by atoms with Crippen LogP contribution in [0, 0.1) is 19.8 Å². The first-order valence-electron chi connectivity index (χ1n) is 8.47. The average molecular weight is 328 g/mol. The lowest BCUT2D eigenvalue weighted by Gasteiger charge is -2.19. The molecule has 0 saturated heterocycles. The number of nitrogens with zero attached hydrogens (tertiary/aromatic N) is 2. The zero-order valence-electron chi connectivity index (χ0n) is 15.3. The van der Waals surface area contributed by atoms with Gasteiger partial charge in [0.05, 0.1) is 5.69 Å². The molecule has 130 valence electrons. The standard InChI is InChI=1S/C19H28N4O/c1-13(12-23-15(3)9-14(2)22-23)11-20-16(4)18-7-6-8-19(10-18)21-17(5)24/h6-10,13,16,20H,11-12H2,1-5H3,(H,21,24)/t13-,16-/m1/s1. The van der Waals surface area contributed by atoms with Crippen LogP contribution in [0.5, 0.6) is 0 Å². The Hall–Kier alpha value is -2.14. The molecule has 2 N–H and O–H groups in total. The fourth-order valence-corrected chi connectivity index (χ4v) is 2.80. The molecule has 0 unspecified atom stereocenters. The molecule has 0 aliphatic heterocycles. The van der Waals surface area contributed by atoms with E-state index in [9.17, 15) is 4.79 Å². The number of nitrogens with one attached hydrogen (secondary N) is 2. The van der Waals surface area contributed by atoms with E-state index < -0.39 is 0 Å². The van der Waals surface area contributed by atoms with Gasteiger partial charge in [0.25, 0.3) is 0 Å². The van der Waals surface area contributed by atoms with Crippen molar-refractivity contribution >= 4 is 11.6 Å². The molecule has 2 atom stereocenters. The number of anilines is 1. The minimum atomic E-state index is -0.0497. The minimum Gasteiger partial charge on any atom is -0.326 e. The minimum absolute atomic E-state index is 0.0497. The van der Waals surface area contributed by atoms with Crippen LogP contribution in [0.25, 0.3) is 0 Å². The second-order valence-corrected chi connectivity index (χ2v) is 6.65. The highest BCUT2D eigenvalue weighted by Gasteiger charge is 2.11. The van der Waals surface area contributed by atoms with Gasteiger partial charge in [-0.1, -0.05) is 19.1 Å². The lowest BCUT2D eigenvalue weighted by atomic mass is 10.1.